The fourth-order valence-corrected chi connectivity index (χ4v) is 2.86. The summed E-state index contributed by atoms with van der Waals surface area (Å²) in [7, 11) is 0. The molecule has 0 saturated carbocycles. The molecule has 3 rings (SSSR count). The van der Waals surface area contributed by atoms with Crippen LogP contribution in [0.4, 0.5) is 0 Å². The first-order valence-electron chi connectivity index (χ1n) is 8.69. The number of carbonyl (C=O) groups is 1. The number of nitrogens with one attached hydrogen (secondary N) is 2. The molecular formula is C21H24N2O2. The molecule has 1 aromatic carbocycles. The molecule has 3 aromatic rings. The average molecular weight is 336 g/mol. The third kappa shape index (κ3) is 4.21. The van der Waals surface area contributed by atoms with E-state index in [9.17, 15) is 4.79 Å². The Morgan fingerprint density at radius 3 is 2.04 bits per heavy atom. The molecular weight excluding hydrogens is 312 g/mol. The molecule has 0 saturated heterocycles. The zero-order valence-electron chi connectivity index (χ0n) is 14.7. The fraction of sp³-hybridized carbons (Fsp3) is 0.286. The fourth-order valence-electron chi connectivity index (χ4n) is 2.86. The van der Waals surface area contributed by atoms with Crippen molar-refractivity contribution in [3.8, 4) is 0 Å². The molecule has 0 fully saturated rings. The van der Waals surface area contributed by atoms with E-state index in [-0.39, 0.29) is 11.9 Å². The van der Waals surface area contributed by atoms with Crippen molar-refractivity contribution in [3.05, 3.63) is 83.4 Å². The first-order chi connectivity index (χ1) is 12.1. The zero-order valence-corrected chi connectivity index (χ0v) is 14.7. The topological polar surface area (TPSA) is 57.9 Å². The van der Waals surface area contributed by atoms with Crippen molar-refractivity contribution < 1.29 is 9.53 Å². The Morgan fingerprint density at radius 1 is 0.960 bits per heavy atom. The van der Waals surface area contributed by atoms with E-state index in [0.717, 1.165) is 23.4 Å². The van der Waals surface area contributed by atoms with Gasteiger partial charge in [-0.2, -0.15) is 0 Å². The van der Waals surface area contributed by atoms with Crippen LogP contribution in [0.25, 0.3) is 0 Å². The molecule has 4 nitrogen and oxygen atoms in total. The second-order valence-electron chi connectivity index (χ2n) is 6.62. The number of rotatable bonds is 7. The summed E-state index contributed by atoms with van der Waals surface area (Å²) >= 11 is 0. The molecule has 2 heterocycles. The molecule has 0 aliphatic rings. The third-order valence-corrected chi connectivity index (χ3v) is 4.27. The minimum atomic E-state index is -0.261. The highest BCUT2D eigenvalue weighted by atomic mass is 16.5. The number of aromatic nitrogens is 2. The highest BCUT2D eigenvalue weighted by Gasteiger charge is 2.19. The van der Waals surface area contributed by atoms with E-state index < -0.39 is 0 Å². The molecule has 0 aliphatic carbocycles. The van der Waals surface area contributed by atoms with Crippen molar-refractivity contribution in [1.82, 2.24) is 9.97 Å². The number of benzene rings is 1. The Labute approximate surface area is 148 Å². The van der Waals surface area contributed by atoms with Crippen molar-refractivity contribution in [2.45, 2.75) is 26.2 Å². The van der Waals surface area contributed by atoms with Crippen LogP contribution in [0.5, 0.6) is 0 Å². The monoisotopic (exact) mass is 336 g/mol. The summed E-state index contributed by atoms with van der Waals surface area (Å²) in [4.78, 5) is 18.7. The maximum Gasteiger partial charge on any atom is 0.338 e. The molecule has 0 bridgehead atoms. The smallest absolute Gasteiger partial charge is 0.338 e. The van der Waals surface area contributed by atoms with Gasteiger partial charge in [-0.15, -0.1) is 0 Å². The summed E-state index contributed by atoms with van der Waals surface area (Å²) < 4.78 is 5.33. The van der Waals surface area contributed by atoms with Crippen LogP contribution < -0.4 is 0 Å². The lowest BCUT2D eigenvalue weighted by molar-refractivity contribution is 0.0488. The number of hydrogen-bond acceptors (Lipinski definition) is 2. The number of ether oxygens (including phenoxy) is 1. The van der Waals surface area contributed by atoms with Gasteiger partial charge in [-0.3, -0.25) is 0 Å². The van der Waals surface area contributed by atoms with E-state index in [1.165, 1.54) is 0 Å². The van der Waals surface area contributed by atoms with Gasteiger partial charge in [0.1, 0.15) is 0 Å². The second-order valence-corrected chi connectivity index (χ2v) is 6.62. The minimum absolute atomic E-state index is 0.0796. The van der Waals surface area contributed by atoms with Crippen LogP contribution in [-0.4, -0.2) is 22.5 Å². The zero-order chi connectivity index (χ0) is 17.6. The van der Waals surface area contributed by atoms with E-state index in [2.05, 4.69) is 35.9 Å². The lowest BCUT2D eigenvalue weighted by Crippen LogP contribution is -2.09. The van der Waals surface area contributed by atoms with Gasteiger partial charge in [0.25, 0.3) is 0 Å². The first-order valence-corrected chi connectivity index (χ1v) is 8.69. The van der Waals surface area contributed by atoms with Crippen molar-refractivity contribution in [1.29, 1.82) is 0 Å². The van der Waals surface area contributed by atoms with Crippen LogP contribution in [0.2, 0.25) is 0 Å². The van der Waals surface area contributed by atoms with Crippen LogP contribution in [0.1, 0.15) is 53.5 Å². The van der Waals surface area contributed by atoms with Crippen molar-refractivity contribution in [2.75, 3.05) is 6.61 Å². The lowest BCUT2D eigenvalue weighted by Gasteiger charge is -2.16. The van der Waals surface area contributed by atoms with Gasteiger partial charge in [0, 0.05) is 23.8 Å². The summed E-state index contributed by atoms with van der Waals surface area (Å²) in [5.74, 6) is 0.344. The minimum Gasteiger partial charge on any atom is -0.462 e. The lowest BCUT2D eigenvalue weighted by atomic mass is 9.92. The Hall–Kier alpha value is -2.75. The van der Waals surface area contributed by atoms with Crippen LogP contribution in [0.3, 0.4) is 0 Å². The van der Waals surface area contributed by atoms with Gasteiger partial charge in [0.15, 0.2) is 0 Å². The van der Waals surface area contributed by atoms with E-state index in [1.54, 1.807) is 0 Å². The maximum atomic E-state index is 12.1. The quantitative estimate of drug-likeness (QED) is 0.613. The SMILES string of the molecule is CC(C)CCOC(=O)c1ccc(C(c2ccc[nH]2)c2ccc[nH]2)cc1. The number of H-pyrrole nitrogens is 2. The second kappa shape index (κ2) is 7.88. The standard InChI is InChI=1S/C21H24N2O2/c1-15(2)11-14-25-21(24)17-9-7-16(8-10-17)20(18-5-3-12-22-18)19-6-4-13-23-19/h3-10,12-13,15,20,22-23H,11,14H2,1-2H3. The summed E-state index contributed by atoms with van der Waals surface area (Å²) in [6.07, 6.45) is 4.73. The van der Waals surface area contributed by atoms with Gasteiger partial charge in [0.2, 0.25) is 0 Å². The molecule has 2 N–H and O–H groups in total. The third-order valence-electron chi connectivity index (χ3n) is 4.27. The van der Waals surface area contributed by atoms with Gasteiger partial charge in [-0.05, 0) is 54.3 Å². The Kier molecular flexibility index (Phi) is 5.39. The van der Waals surface area contributed by atoms with Gasteiger partial charge >= 0.3 is 5.97 Å². The van der Waals surface area contributed by atoms with Crippen LogP contribution in [0.15, 0.2) is 60.9 Å². The van der Waals surface area contributed by atoms with Crippen LogP contribution in [-0.2, 0) is 4.74 Å². The van der Waals surface area contributed by atoms with Gasteiger partial charge < -0.3 is 14.7 Å². The molecule has 25 heavy (non-hydrogen) atoms. The number of aromatic amines is 2. The maximum absolute atomic E-state index is 12.1. The van der Waals surface area contributed by atoms with Crippen molar-refractivity contribution >= 4 is 5.97 Å². The highest BCUT2D eigenvalue weighted by Crippen LogP contribution is 2.30. The van der Waals surface area contributed by atoms with Gasteiger partial charge in [0.05, 0.1) is 18.1 Å². The Balaban J connectivity index is 1.77. The Bertz CT molecular complexity index is 738. The van der Waals surface area contributed by atoms with E-state index in [1.807, 2.05) is 48.8 Å². The molecule has 0 amide bonds. The largest absolute Gasteiger partial charge is 0.462 e. The highest BCUT2D eigenvalue weighted by molar-refractivity contribution is 5.89. The summed E-state index contributed by atoms with van der Waals surface area (Å²) in [6.45, 7) is 4.69. The molecule has 0 atom stereocenters. The van der Waals surface area contributed by atoms with Crippen molar-refractivity contribution in [2.24, 2.45) is 5.92 Å². The number of carbonyl (C=O) groups excluding carboxylic acids is 1. The number of hydrogen-bond donors (Lipinski definition) is 2. The molecule has 130 valence electrons. The average Bonchev–Trinajstić information content (AvgIpc) is 3.30. The van der Waals surface area contributed by atoms with Crippen LogP contribution in [0, 0.1) is 5.92 Å². The predicted octanol–water partition coefficient (Wildman–Crippen LogP) is 4.73. The molecule has 0 spiro atoms. The van der Waals surface area contributed by atoms with E-state index in [4.69, 9.17) is 4.74 Å². The number of esters is 1. The summed E-state index contributed by atoms with van der Waals surface area (Å²) in [5.41, 5.74) is 3.91. The molecule has 4 heteroatoms. The molecule has 0 unspecified atom stereocenters. The molecule has 0 radical (unpaired) electrons. The summed E-state index contributed by atoms with van der Waals surface area (Å²) in [6, 6.07) is 15.8. The van der Waals surface area contributed by atoms with Crippen molar-refractivity contribution in [3.63, 3.8) is 0 Å². The first kappa shape index (κ1) is 17.1. The summed E-state index contributed by atoms with van der Waals surface area (Å²) in [5, 5.41) is 0. The van der Waals surface area contributed by atoms with Gasteiger partial charge in [-0.1, -0.05) is 26.0 Å². The molecule has 0 aliphatic heterocycles. The Morgan fingerprint density at radius 2 is 1.56 bits per heavy atom. The molecule has 2 aromatic heterocycles. The van der Waals surface area contributed by atoms with Gasteiger partial charge in [-0.25, -0.2) is 4.79 Å². The van der Waals surface area contributed by atoms with E-state index in [0.29, 0.717) is 18.1 Å². The van der Waals surface area contributed by atoms with E-state index >= 15 is 0 Å². The van der Waals surface area contributed by atoms with Crippen LogP contribution >= 0.6 is 0 Å². The normalized spacial score (nSPS) is 11.2. The predicted molar refractivity (Wildman–Crippen MR) is 98.7 cm³/mol.